The Morgan fingerprint density at radius 3 is 3.08 bits per heavy atom. The van der Waals surface area contributed by atoms with Gasteiger partial charge in [-0.1, -0.05) is 18.5 Å². The number of halogens is 2. The summed E-state index contributed by atoms with van der Waals surface area (Å²) in [5, 5.41) is 0.587. The van der Waals surface area contributed by atoms with Crippen LogP contribution in [0.2, 0.25) is 5.02 Å². The van der Waals surface area contributed by atoms with Crippen molar-refractivity contribution < 1.29 is 4.74 Å². The maximum absolute atomic E-state index is 5.73. The van der Waals surface area contributed by atoms with Crippen molar-refractivity contribution in [1.29, 1.82) is 0 Å². The largest absolute Gasteiger partial charge is 0.491 e. The first-order valence-electron chi connectivity index (χ1n) is 3.68. The summed E-state index contributed by atoms with van der Waals surface area (Å²) in [6.07, 6.45) is 2.55. The molecular formula is C8H9BrClNO. The predicted molar refractivity (Wildman–Crippen MR) is 52.7 cm³/mol. The quantitative estimate of drug-likeness (QED) is 0.768. The number of hydrogen-bond donors (Lipinski definition) is 0. The fraction of sp³-hybridized carbons (Fsp3) is 0.375. The third kappa shape index (κ3) is 2.64. The summed E-state index contributed by atoms with van der Waals surface area (Å²) in [5.74, 6) is 0.698. The summed E-state index contributed by atoms with van der Waals surface area (Å²) in [6, 6.07) is 1.74. The summed E-state index contributed by atoms with van der Waals surface area (Å²) < 4.78 is 6.07. The highest BCUT2D eigenvalue weighted by molar-refractivity contribution is 9.10. The first-order chi connectivity index (χ1) is 5.74. The molecule has 0 fully saturated rings. The molecule has 4 heteroatoms. The summed E-state index contributed by atoms with van der Waals surface area (Å²) >= 11 is 9.00. The average molecular weight is 251 g/mol. The van der Waals surface area contributed by atoms with E-state index in [0.29, 0.717) is 22.0 Å². The lowest BCUT2D eigenvalue weighted by atomic mass is 10.4. The van der Waals surface area contributed by atoms with Gasteiger partial charge in [0.25, 0.3) is 0 Å². The highest BCUT2D eigenvalue weighted by Crippen LogP contribution is 2.25. The van der Waals surface area contributed by atoms with Crippen LogP contribution in [0.25, 0.3) is 0 Å². The molecule has 0 saturated heterocycles. The molecule has 0 atom stereocenters. The van der Waals surface area contributed by atoms with Crippen LogP contribution in [0.5, 0.6) is 5.75 Å². The lowest BCUT2D eigenvalue weighted by molar-refractivity contribution is 0.314. The molecule has 2 nitrogen and oxygen atoms in total. The molecule has 0 unspecified atom stereocenters. The van der Waals surface area contributed by atoms with Gasteiger partial charge in [0.15, 0.2) is 5.75 Å². The van der Waals surface area contributed by atoms with Gasteiger partial charge in [-0.05, 0) is 22.4 Å². The molecule has 0 amide bonds. The van der Waals surface area contributed by atoms with Crippen molar-refractivity contribution in [1.82, 2.24) is 4.98 Å². The van der Waals surface area contributed by atoms with E-state index in [-0.39, 0.29) is 0 Å². The van der Waals surface area contributed by atoms with Crippen LogP contribution >= 0.6 is 27.5 Å². The third-order valence-electron chi connectivity index (χ3n) is 1.24. The minimum atomic E-state index is 0.587. The summed E-state index contributed by atoms with van der Waals surface area (Å²) in [6.45, 7) is 2.73. The van der Waals surface area contributed by atoms with E-state index < -0.39 is 0 Å². The van der Waals surface area contributed by atoms with Crippen LogP contribution in [0.4, 0.5) is 0 Å². The Kier molecular flexibility index (Phi) is 3.82. The highest BCUT2D eigenvalue weighted by atomic mass is 79.9. The Hall–Kier alpha value is -0.280. The van der Waals surface area contributed by atoms with Crippen molar-refractivity contribution in [3.05, 3.63) is 21.9 Å². The Morgan fingerprint density at radius 2 is 2.42 bits per heavy atom. The van der Waals surface area contributed by atoms with Gasteiger partial charge in [-0.25, -0.2) is 4.98 Å². The van der Waals surface area contributed by atoms with E-state index in [9.17, 15) is 0 Å². The standard InChI is InChI=1S/C8H9BrClNO/c1-2-3-12-7-4-6(10)5-11-8(7)9/h4-5H,2-3H2,1H3. The number of ether oxygens (including phenoxy) is 1. The normalized spacial score (nSPS) is 9.92. The van der Waals surface area contributed by atoms with Gasteiger partial charge in [-0.15, -0.1) is 0 Å². The maximum Gasteiger partial charge on any atom is 0.153 e. The zero-order chi connectivity index (χ0) is 8.97. The molecule has 1 aromatic rings. The Bertz CT molecular complexity index is 267. The molecule has 0 aliphatic carbocycles. The van der Waals surface area contributed by atoms with E-state index in [2.05, 4.69) is 20.9 Å². The second kappa shape index (κ2) is 4.67. The number of pyridine rings is 1. The molecule has 66 valence electrons. The van der Waals surface area contributed by atoms with Crippen molar-refractivity contribution in [2.24, 2.45) is 0 Å². The van der Waals surface area contributed by atoms with Crippen LogP contribution in [0, 0.1) is 0 Å². The lowest BCUT2D eigenvalue weighted by Gasteiger charge is -2.05. The molecule has 0 aromatic carbocycles. The second-order valence-electron chi connectivity index (χ2n) is 2.29. The second-order valence-corrected chi connectivity index (χ2v) is 3.48. The fourth-order valence-corrected chi connectivity index (χ4v) is 1.20. The molecule has 0 bridgehead atoms. The van der Waals surface area contributed by atoms with Gasteiger partial charge in [0.2, 0.25) is 0 Å². The minimum absolute atomic E-state index is 0.587. The average Bonchev–Trinajstić information content (AvgIpc) is 2.07. The van der Waals surface area contributed by atoms with Crippen LogP contribution in [0.15, 0.2) is 16.9 Å². The molecule has 1 rings (SSSR count). The van der Waals surface area contributed by atoms with Gasteiger partial charge in [-0.3, -0.25) is 0 Å². The van der Waals surface area contributed by atoms with Gasteiger partial charge in [0.05, 0.1) is 11.6 Å². The van der Waals surface area contributed by atoms with Crippen molar-refractivity contribution in [3.8, 4) is 5.75 Å². The minimum Gasteiger partial charge on any atom is -0.491 e. The number of nitrogens with zero attached hydrogens (tertiary/aromatic N) is 1. The summed E-state index contributed by atoms with van der Waals surface area (Å²) in [5.41, 5.74) is 0. The first kappa shape index (κ1) is 9.81. The fourth-order valence-electron chi connectivity index (χ4n) is 0.717. The molecule has 12 heavy (non-hydrogen) atoms. The van der Waals surface area contributed by atoms with Crippen LogP contribution in [-0.2, 0) is 0 Å². The lowest BCUT2D eigenvalue weighted by Crippen LogP contribution is -1.96. The van der Waals surface area contributed by atoms with E-state index in [1.807, 2.05) is 6.92 Å². The topological polar surface area (TPSA) is 22.1 Å². The molecule has 1 aromatic heterocycles. The van der Waals surface area contributed by atoms with E-state index in [0.717, 1.165) is 6.42 Å². The van der Waals surface area contributed by atoms with E-state index in [4.69, 9.17) is 16.3 Å². The number of hydrogen-bond acceptors (Lipinski definition) is 2. The molecule has 0 spiro atoms. The molecular weight excluding hydrogens is 241 g/mol. The van der Waals surface area contributed by atoms with E-state index in [1.54, 1.807) is 12.3 Å². The molecule has 0 radical (unpaired) electrons. The zero-order valence-corrected chi connectivity index (χ0v) is 9.02. The monoisotopic (exact) mass is 249 g/mol. The van der Waals surface area contributed by atoms with Crippen LogP contribution < -0.4 is 4.74 Å². The molecule has 0 N–H and O–H groups in total. The molecule has 0 aliphatic heterocycles. The number of rotatable bonds is 3. The van der Waals surface area contributed by atoms with E-state index >= 15 is 0 Å². The zero-order valence-electron chi connectivity index (χ0n) is 6.68. The Morgan fingerprint density at radius 1 is 1.67 bits per heavy atom. The van der Waals surface area contributed by atoms with Crippen LogP contribution in [0.1, 0.15) is 13.3 Å². The summed E-state index contributed by atoms with van der Waals surface area (Å²) in [4.78, 5) is 3.99. The SMILES string of the molecule is CCCOc1cc(Cl)cnc1Br. The van der Waals surface area contributed by atoms with Gasteiger partial charge in [0, 0.05) is 12.3 Å². The summed E-state index contributed by atoms with van der Waals surface area (Å²) in [7, 11) is 0. The van der Waals surface area contributed by atoms with Gasteiger partial charge < -0.3 is 4.74 Å². The smallest absolute Gasteiger partial charge is 0.153 e. The molecule has 1 heterocycles. The van der Waals surface area contributed by atoms with Crippen molar-refractivity contribution in [2.45, 2.75) is 13.3 Å². The Labute approximate surface area is 85.0 Å². The van der Waals surface area contributed by atoms with Crippen molar-refractivity contribution in [2.75, 3.05) is 6.61 Å². The maximum atomic E-state index is 5.73. The van der Waals surface area contributed by atoms with Crippen molar-refractivity contribution >= 4 is 27.5 Å². The highest BCUT2D eigenvalue weighted by Gasteiger charge is 2.01. The van der Waals surface area contributed by atoms with Crippen LogP contribution in [0.3, 0.4) is 0 Å². The Balaban J connectivity index is 2.75. The van der Waals surface area contributed by atoms with Gasteiger partial charge in [-0.2, -0.15) is 0 Å². The number of aromatic nitrogens is 1. The predicted octanol–water partition coefficient (Wildman–Crippen LogP) is 3.29. The molecule has 0 saturated carbocycles. The first-order valence-corrected chi connectivity index (χ1v) is 4.85. The van der Waals surface area contributed by atoms with Gasteiger partial charge >= 0.3 is 0 Å². The van der Waals surface area contributed by atoms with Crippen molar-refractivity contribution in [3.63, 3.8) is 0 Å². The van der Waals surface area contributed by atoms with E-state index in [1.165, 1.54) is 0 Å². The molecule has 0 aliphatic rings. The van der Waals surface area contributed by atoms with Gasteiger partial charge in [0.1, 0.15) is 4.60 Å². The van der Waals surface area contributed by atoms with Crippen LogP contribution in [-0.4, -0.2) is 11.6 Å². The third-order valence-corrected chi connectivity index (χ3v) is 2.04.